The number of methoxy groups -OCH3 is 1. The Bertz CT molecular complexity index is 1270. The number of carbonyl (C=O) groups excluding carboxylic acids is 2. The van der Waals surface area contributed by atoms with Crippen LogP contribution < -0.4 is 24.4 Å². The summed E-state index contributed by atoms with van der Waals surface area (Å²) in [7, 11) is 1.58. The van der Waals surface area contributed by atoms with Crippen LogP contribution in [0.5, 0.6) is 17.2 Å². The number of thioether (sulfide) groups is 1. The SMILES string of the molecule is CCOc1ccc(N2C(=O)/C(=C/c3ccc(OCC(=O)Nc4ccc(OC)cc4)cc3)SC2=S)cc1. The lowest BCUT2D eigenvalue weighted by Gasteiger charge is -2.15. The Morgan fingerprint density at radius 3 is 2.19 bits per heavy atom. The molecule has 0 saturated carbocycles. The minimum absolute atomic E-state index is 0.133. The summed E-state index contributed by atoms with van der Waals surface area (Å²) < 4.78 is 16.6. The first-order valence-electron chi connectivity index (χ1n) is 11.1. The first-order valence-corrected chi connectivity index (χ1v) is 12.4. The molecule has 4 rings (SSSR count). The molecule has 36 heavy (non-hydrogen) atoms. The normalized spacial score (nSPS) is 14.2. The number of nitrogens with one attached hydrogen (secondary N) is 1. The van der Waals surface area contributed by atoms with E-state index in [9.17, 15) is 9.59 Å². The van der Waals surface area contributed by atoms with Gasteiger partial charge in [-0.25, -0.2) is 0 Å². The maximum absolute atomic E-state index is 13.0. The molecular formula is C27H24N2O5S2. The topological polar surface area (TPSA) is 77.1 Å². The number of benzene rings is 3. The summed E-state index contributed by atoms with van der Waals surface area (Å²) in [6.45, 7) is 2.36. The van der Waals surface area contributed by atoms with E-state index in [2.05, 4.69) is 5.32 Å². The van der Waals surface area contributed by atoms with Gasteiger partial charge in [-0.15, -0.1) is 0 Å². The molecule has 1 saturated heterocycles. The maximum Gasteiger partial charge on any atom is 0.270 e. The Labute approximate surface area is 219 Å². The maximum atomic E-state index is 13.0. The lowest BCUT2D eigenvalue weighted by molar-refractivity contribution is -0.118. The van der Waals surface area contributed by atoms with Crippen LogP contribution in [0.25, 0.3) is 6.08 Å². The molecule has 0 spiro atoms. The number of hydrogen-bond donors (Lipinski definition) is 1. The van der Waals surface area contributed by atoms with E-state index >= 15 is 0 Å². The average molecular weight is 521 g/mol. The fourth-order valence-electron chi connectivity index (χ4n) is 3.38. The molecule has 7 nitrogen and oxygen atoms in total. The van der Waals surface area contributed by atoms with Crippen molar-refractivity contribution in [1.82, 2.24) is 0 Å². The average Bonchev–Trinajstić information content (AvgIpc) is 3.17. The van der Waals surface area contributed by atoms with Crippen molar-refractivity contribution in [2.24, 2.45) is 0 Å². The smallest absolute Gasteiger partial charge is 0.270 e. The van der Waals surface area contributed by atoms with Gasteiger partial charge in [0.1, 0.15) is 17.2 Å². The van der Waals surface area contributed by atoms with Crippen molar-refractivity contribution >= 4 is 57.6 Å². The molecule has 0 atom stereocenters. The zero-order valence-corrected chi connectivity index (χ0v) is 21.4. The highest BCUT2D eigenvalue weighted by Crippen LogP contribution is 2.36. The molecule has 9 heteroatoms. The fraction of sp³-hybridized carbons (Fsp3) is 0.148. The first-order chi connectivity index (χ1) is 17.5. The second kappa shape index (κ2) is 11.7. The molecule has 0 aromatic heterocycles. The molecule has 3 aromatic rings. The van der Waals surface area contributed by atoms with Crippen molar-refractivity contribution in [3.63, 3.8) is 0 Å². The van der Waals surface area contributed by atoms with Crippen LogP contribution in [0.3, 0.4) is 0 Å². The van der Waals surface area contributed by atoms with Crippen LogP contribution in [0.4, 0.5) is 11.4 Å². The van der Waals surface area contributed by atoms with Crippen molar-refractivity contribution in [2.45, 2.75) is 6.92 Å². The zero-order chi connectivity index (χ0) is 25.5. The summed E-state index contributed by atoms with van der Waals surface area (Å²) in [6, 6.07) is 21.4. The minimum atomic E-state index is -0.276. The van der Waals surface area contributed by atoms with Gasteiger partial charge in [-0.05, 0) is 79.2 Å². The van der Waals surface area contributed by atoms with Crippen LogP contribution in [-0.2, 0) is 9.59 Å². The molecule has 1 aliphatic heterocycles. The molecule has 184 valence electrons. The summed E-state index contributed by atoms with van der Waals surface area (Å²) in [6.07, 6.45) is 1.79. The highest BCUT2D eigenvalue weighted by molar-refractivity contribution is 8.27. The molecule has 3 aromatic carbocycles. The molecule has 1 heterocycles. The van der Waals surface area contributed by atoms with Gasteiger partial charge in [0.05, 0.1) is 24.3 Å². The highest BCUT2D eigenvalue weighted by Gasteiger charge is 2.33. The molecule has 2 amide bonds. The summed E-state index contributed by atoms with van der Waals surface area (Å²) in [5.74, 6) is 1.54. The predicted octanol–water partition coefficient (Wildman–Crippen LogP) is 5.52. The number of hydrogen-bond acceptors (Lipinski definition) is 7. The van der Waals surface area contributed by atoms with Crippen LogP contribution in [0.1, 0.15) is 12.5 Å². The van der Waals surface area contributed by atoms with Crippen molar-refractivity contribution in [3.05, 3.63) is 83.3 Å². The van der Waals surface area contributed by atoms with Crippen molar-refractivity contribution in [1.29, 1.82) is 0 Å². The van der Waals surface area contributed by atoms with Gasteiger partial charge in [0.2, 0.25) is 0 Å². The van der Waals surface area contributed by atoms with Gasteiger partial charge in [0.15, 0.2) is 10.9 Å². The highest BCUT2D eigenvalue weighted by atomic mass is 32.2. The van der Waals surface area contributed by atoms with Gasteiger partial charge in [-0.1, -0.05) is 36.1 Å². The Morgan fingerprint density at radius 2 is 1.56 bits per heavy atom. The molecule has 0 aliphatic carbocycles. The molecule has 1 aliphatic rings. The minimum Gasteiger partial charge on any atom is -0.497 e. The van der Waals surface area contributed by atoms with E-state index in [1.807, 2.05) is 43.3 Å². The van der Waals surface area contributed by atoms with E-state index in [-0.39, 0.29) is 18.4 Å². The largest absolute Gasteiger partial charge is 0.497 e. The number of thiocarbonyl (C=S) groups is 1. The Morgan fingerprint density at radius 1 is 0.944 bits per heavy atom. The van der Waals surface area contributed by atoms with E-state index in [1.54, 1.807) is 49.6 Å². The van der Waals surface area contributed by atoms with Crippen LogP contribution in [0, 0.1) is 0 Å². The van der Waals surface area contributed by atoms with Crippen LogP contribution in [-0.4, -0.2) is 36.5 Å². The molecule has 0 radical (unpaired) electrons. The third kappa shape index (κ3) is 6.24. The second-order valence-electron chi connectivity index (χ2n) is 7.58. The van der Waals surface area contributed by atoms with Crippen molar-refractivity contribution in [2.75, 3.05) is 30.5 Å². The van der Waals surface area contributed by atoms with Crippen LogP contribution >= 0.6 is 24.0 Å². The standard InChI is InChI=1S/C27H24N2O5S2/c1-3-33-22-14-8-20(9-15-22)29-26(31)24(36-27(29)35)16-18-4-10-23(11-5-18)34-17-25(30)28-19-6-12-21(32-2)13-7-19/h4-16H,3,17H2,1-2H3,(H,28,30)/b24-16-. The van der Waals surface area contributed by atoms with E-state index < -0.39 is 0 Å². The zero-order valence-electron chi connectivity index (χ0n) is 19.7. The third-order valence-corrected chi connectivity index (χ3v) is 6.42. The van der Waals surface area contributed by atoms with Gasteiger partial charge < -0.3 is 19.5 Å². The fourth-order valence-corrected chi connectivity index (χ4v) is 4.68. The number of rotatable bonds is 9. The third-order valence-electron chi connectivity index (χ3n) is 5.12. The lowest BCUT2D eigenvalue weighted by Crippen LogP contribution is -2.27. The number of nitrogens with zero attached hydrogens (tertiary/aromatic N) is 1. The Hall–Kier alpha value is -3.82. The van der Waals surface area contributed by atoms with E-state index in [1.165, 1.54) is 16.7 Å². The monoisotopic (exact) mass is 520 g/mol. The van der Waals surface area contributed by atoms with E-state index in [4.69, 9.17) is 26.4 Å². The van der Waals surface area contributed by atoms with Crippen LogP contribution in [0.15, 0.2) is 77.7 Å². The van der Waals surface area contributed by atoms with Crippen molar-refractivity contribution in [3.8, 4) is 17.2 Å². The molecular weight excluding hydrogens is 496 g/mol. The molecule has 1 fully saturated rings. The molecule has 0 bridgehead atoms. The quantitative estimate of drug-likeness (QED) is 0.294. The number of anilines is 2. The molecule has 0 unspecified atom stereocenters. The number of amides is 2. The summed E-state index contributed by atoms with van der Waals surface area (Å²) in [5.41, 5.74) is 2.17. The predicted molar refractivity (Wildman–Crippen MR) is 147 cm³/mol. The van der Waals surface area contributed by atoms with E-state index in [0.29, 0.717) is 38.7 Å². The first kappa shape index (κ1) is 25.3. The van der Waals surface area contributed by atoms with E-state index in [0.717, 1.165) is 11.3 Å². The number of ether oxygens (including phenoxy) is 3. The second-order valence-corrected chi connectivity index (χ2v) is 9.25. The summed E-state index contributed by atoms with van der Waals surface area (Å²) >= 11 is 6.70. The summed E-state index contributed by atoms with van der Waals surface area (Å²) in [5, 5.41) is 2.77. The summed E-state index contributed by atoms with van der Waals surface area (Å²) in [4.78, 5) is 27.2. The number of carbonyl (C=O) groups is 2. The van der Waals surface area contributed by atoms with Crippen molar-refractivity contribution < 1.29 is 23.8 Å². The lowest BCUT2D eigenvalue weighted by atomic mass is 10.2. The van der Waals surface area contributed by atoms with Gasteiger partial charge in [0.25, 0.3) is 11.8 Å². The van der Waals surface area contributed by atoms with Gasteiger partial charge in [-0.3, -0.25) is 14.5 Å². The molecule has 1 N–H and O–H groups in total. The Kier molecular flexibility index (Phi) is 8.24. The Balaban J connectivity index is 1.34. The van der Waals surface area contributed by atoms with Gasteiger partial charge >= 0.3 is 0 Å². The van der Waals surface area contributed by atoms with Gasteiger partial charge in [-0.2, -0.15) is 0 Å². The van der Waals surface area contributed by atoms with Gasteiger partial charge in [0, 0.05) is 5.69 Å². The van der Waals surface area contributed by atoms with Crippen LogP contribution in [0.2, 0.25) is 0 Å².